The van der Waals surface area contributed by atoms with Crippen LogP contribution in [0.15, 0.2) is 0 Å². The van der Waals surface area contributed by atoms with Crippen LogP contribution in [0.3, 0.4) is 0 Å². The zero-order chi connectivity index (χ0) is 9.38. The van der Waals surface area contributed by atoms with Gasteiger partial charge in [0.15, 0.2) is 0 Å². The number of hydrogen-bond donors (Lipinski definition) is 0. The second-order valence-corrected chi connectivity index (χ2v) is 5.10. The van der Waals surface area contributed by atoms with Crippen molar-refractivity contribution in [1.82, 2.24) is 0 Å². The third kappa shape index (κ3) is 0.544. The molecule has 0 N–H and O–H groups in total. The van der Waals surface area contributed by atoms with Gasteiger partial charge in [-0.15, -0.1) is 0 Å². The molecule has 4 fully saturated rings. The first-order valence-corrected chi connectivity index (χ1v) is 5.24. The van der Waals surface area contributed by atoms with Gasteiger partial charge >= 0.3 is 5.97 Å². The van der Waals surface area contributed by atoms with Crippen LogP contribution in [0, 0.1) is 35.0 Å². The van der Waals surface area contributed by atoms with Gasteiger partial charge in [-0.3, -0.25) is 4.79 Å². The number of ether oxygens (including phenoxy) is 1. The van der Waals surface area contributed by atoms with Gasteiger partial charge in [-0.2, -0.15) is 0 Å². The first kappa shape index (κ1) is 7.84. The second kappa shape index (κ2) is 1.94. The monoisotopic (exact) mass is 180 g/mol. The minimum atomic E-state index is -0.0289. The molecule has 4 aliphatic carbocycles. The van der Waals surface area contributed by atoms with Crippen molar-refractivity contribution in [3.8, 4) is 0 Å². The lowest BCUT2D eigenvalue weighted by molar-refractivity contribution is -0.149. The summed E-state index contributed by atoms with van der Waals surface area (Å²) in [5.74, 6) is 3.55. The molecule has 2 nitrogen and oxygen atoms in total. The van der Waals surface area contributed by atoms with Crippen LogP contribution in [0.25, 0.3) is 0 Å². The van der Waals surface area contributed by atoms with Gasteiger partial charge in [0.1, 0.15) is 0 Å². The van der Waals surface area contributed by atoms with E-state index in [-0.39, 0.29) is 11.4 Å². The van der Waals surface area contributed by atoms with Crippen LogP contribution >= 0.6 is 0 Å². The second-order valence-electron chi connectivity index (χ2n) is 5.10. The van der Waals surface area contributed by atoms with Crippen LogP contribution in [0.4, 0.5) is 0 Å². The van der Waals surface area contributed by atoms with E-state index in [1.165, 1.54) is 13.5 Å². The summed E-state index contributed by atoms with van der Waals surface area (Å²) in [5, 5.41) is 0. The molecule has 72 valence electrons. The molecule has 0 aromatic heterocycles. The van der Waals surface area contributed by atoms with E-state index in [4.69, 9.17) is 4.74 Å². The minimum absolute atomic E-state index is 0.0289. The van der Waals surface area contributed by atoms with Gasteiger partial charge in [-0.25, -0.2) is 0 Å². The molecule has 0 saturated heterocycles. The Balaban J connectivity index is 2.01. The van der Waals surface area contributed by atoms with Gasteiger partial charge in [-0.1, -0.05) is 13.8 Å². The van der Waals surface area contributed by atoms with Crippen molar-refractivity contribution in [2.75, 3.05) is 7.11 Å². The zero-order valence-electron chi connectivity index (χ0n) is 8.41. The standard InChI is InChI=1S/C11H16O2/c1-5-7-4-8-9(5)11(8,6(7)2)10(12)13-3/h5-9H,4H2,1-3H3. The van der Waals surface area contributed by atoms with Crippen molar-refractivity contribution >= 4 is 5.97 Å². The quantitative estimate of drug-likeness (QED) is 0.574. The van der Waals surface area contributed by atoms with Crippen molar-refractivity contribution in [2.24, 2.45) is 35.0 Å². The molecule has 0 spiro atoms. The number of carbonyl (C=O) groups excluding carboxylic acids is 1. The van der Waals surface area contributed by atoms with Crippen LogP contribution in [-0.4, -0.2) is 13.1 Å². The summed E-state index contributed by atoms with van der Waals surface area (Å²) in [5.41, 5.74) is -0.0289. The normalized spacial score (nSPS) is 61.0. The van der Waals surface area contributed by atoms with E-state index >= 15 is 0 Å². The summed E-state index contributed by atoms with van der Waals surface area (Å²) in [7, 11) is 1.53. The van der Waals surface area contributed by atoms with Gasteiger partial charge in [-0.05, 0) is 36.0 Å². The van der Waals surface area contributed by atoms with Crippen LogP contribution in [0.2, 0.25) is 0 Å². The van der Waals surface area contributed by atoms with Crippen molar-refractivity contribution in [1.29, 1.82) is 0 Å². The maximum Gasteiger partial charge on any atom is 0.312 e. The van der Waals surface area contributed by atoms with E-state index in [0.29, 0.717) is 17.8 Å². The Hall–Kier alpha value is -0.530. The van der Waals surface area contributed by atoms with Gasteiger partial charge in [0, 0.05) is 0 Å². The van der Waals surface area contributed by atoms with Gasteiger partial charge in [0.2, 0.25) is 0 Å². The molecule has 0 amide bonds. The summed E-state index contributed by atoms with van der Waals surface area (Å²) in [6, 6.07) is 0. The summed E-state index contributed by atoms with van der Waals surface area (Å²) in [6.45, 7) is 4.55. The number of hydrogen-bond acceptors (Lipinski definition) is 2. The van der Waals surface area contributed by atoms with E-state index in [1.54, 1.807) is 0 Å². The summed E-state index contributed by atoms with van der Waals surface area (Å²) in [6.07, 6.45) is 1.28. The van der Waals surface area contributed by atoms with E-state index < -0.39 is 0 Å². The minimum Gasteiger partial charge on any atom is -0.469 e. The lowest BCUT2D eigenvalue weighted by Crippen LogP contribution is -2.24. The fourth-order valence-corrected chi connectivity index (χ4v) is 4.73. The van der Waals surface area contributed by atoms with Crippen LogP contribution in [0.1, 0.15) is 20.3 Å². The molecule has 0 heterocycles. The number of methoxy groups -OCH3 is 1. The van der Waals surface area contributed by atoms with E-state index in [1.807, 2.05) is 0 Å². The Morgan fingerprint density at radius 2 is 2.15 bits per heavy atom. The lowest BCUT2D eigenvalue weighted by atomic mass is 9.90. The first-order chi connectivity index (χ1) is 6.15. The molecule has 4 bridgehead atoms. The molecule has 6 atom stereocenters. The third-order valence-corrected chi connectivity index (χ3v) is 5.19. The Morgan fingerprint density at radius 3 is 2.46 bits per heavy atom. The maximum atomic E-state index is 11.7. The molecule has 13 heavy (non-hydrogen) atoms. The molecular formula is C11H16O2. The van der Waals surface area contributed by atoms with Gasteiger partial charge in [0.05, 0.1) is 12.5 Å². The average Bonchev–Trinajstić information content (AvgIpc) is 2.42. The predicted octanol–water partition coefficient (Wildman–Crippen LogP) is 1.70. The van der Waals surface area contributed by atoms with Gasteiger partial charge in [0.25, 0.3) is 0 Å². The fraction of sp³-hybridized carbons (Fsp3) is 0.909. The van der Waals surface area contributed by atoms with Crippen LogP contribution in [-0.2, 0) is 9.53 Å². The summed E-state index contributed by atoms with van der Waals surface area (Å²) < 4.78 is 4.96. The number of esters is 1. The fourth-order valence-electron chi connectivity index (χ4n) is 4.73. The zero-order valence-corrected chi connectivity index (χ0v) is 8.41. The number of rotatable bonds is 1. The average molecular weight is 180 g/mol. The largest absolute Gasteiger partial charge is 0.469 e. The first-order valence-electron chi connectivity index (χ1n) is 5.24. The Labute approximate surface area is 78.6 Å². The molecule has 4 aliphatic rings. The topological polar surface area (TPSA) is 26.3 Å². The van der Waals surface area contributed by atoms with Crippen molar-refractivity contribution in [2.45, 2.75) is 20.3 Å². The van der Waals surface area contributed by atoms with Crippen molar-refractivity contribution < 1.29 is 9.53 Å². The highest BCUT2D eigenvalue weighted by atomic mass is 16.5. The van der Waals surface area contributed by atoms with Crippen LogP contribution < -0.4 is 0 Å². The van der Waals surface area contributed by atoms with Crippen LogP contribution in [0.5, 0.6) is 0 Å². The highest BCUT2D eigenvalue weighted by molar-refractivity contribution is 5.83. The SMILES string of the molecule is COC(=O)C12C(C)C3CC1C2C3C. The molecule has 4 saturated carbocycles. The van der Waals surface area contributed by atoms with Gasteiger partial charge < -0.3 is 4.74 Å². The Morgan fingerprint density at radius 1 is 1.46 bits per heavy atom. The Kier molecular flexibility index (Phi) is 1.17. The highest BCUT2D eigenvalue weighted by Gasteiger charge is 2.84. The van der Waals surface area contributed by atoms with Crippen molar-refractivity contribution in [3.05, 3.63) is 0 Å². The molecule has 0 radical (unpaired) electrons. The lowest BCUT2D eigenvalue weighted by Gasteiger charge is -2.16. The Bertz CT molecular complexity index is 282. The molecule has 0 aliphatic heterocycles. The molecule has 0 aromatic rings. The van der Waals surface area contributed by atoms with Crippen molar-refractivity contribution in [3.63, 3.8) is 0 Å². The molecule has 4 rings (SSSR count). The molecule has 0 aromatic carbocycles. The smallest absolute Gasteiger partial charge is 0.312 e. The predicted molar refractivity (Wildman–Crippen MR) is 47.9 cm³/mol. The summed E-state index contributed by atoms with van der Waals surface area (Å²) >= 11 is 0. The molecular weight excluding hydrogens is 164 g/mol. The summed E-state index contributed by atoms with van der Waals surface area (Å²) in [4.78, 5) is 11.7. The van der Waals surface area contributed by atoms with E-state index in [2.05, 4.69) is 13.8 Å². The third-order valence-electron chi connectivity index (χ3n) is 5.19. The molecule has 2 heteroatoms. The highest BCUT2D eigenvalue weighted by Crippen LogP contribution is 2.83. The molecule has 6 unspecified atom stereocenters. The number of carbonyl (C=O) groups is 1. The van der Waals surface area contributed by atoms with E-state index in [0.717, 1.165) is 11.8 Å². The van der Waals surface area contributed by atoms with E-state index in [9.17, 15) is 4.79 Å². The maximum absolute atomic E-state index is 11.7.